The SMILES string of the molecule is CN1CCN(c2ccc(NC(=O)CCc3cncnc3)cc2)CC1. The molecule has 0 unspecified atom stereocenters. The molecule has 1 saturated heterocycles. The van der Waals surface area contributed by atoms with Crippen LogP contribution in [-0.2, 0) is 11.2 Å². The van der Waals surface area contributed by atoms with Gasteiger partial charge in [0.2, 0.25) is 5.91 Å². The second-order valence-corrected chi connectivity index (χ2v) is 6.13. The number of aryl methyl sites for hydroxylation is 1. The zero-order chi connectivity index (χ0) is 16.8. The van der Waals surface area contributed by atoms with Crippen LogP contribution >= 0.6 is 0 Å². The van der Waals surface area contributed by atoms with Gasteiger partial charge >= 0.3 is 0 Å². The third-order valence-electron chi connectivity index (χ3n) is 4.27. The van der Waals surface area contributed by atoms with E-state index in [0.29, 0.717) is 12.8 Å². The Balaban J connectivity index is 1.49. The van der Waals surface area contributed by atoms with Gasteiger partial charge in [-0.05, 0) is 43.3 Å². The maximum Gasteiger partial charge on any atom is 0.224 e. The van der Waals surface area contributed by atoms with Gasteiger partial charge in [0.1, 0.15) is 6.33 Å². The van der Waals surface area contributed by atoms with Crippen molar-refractivity contribution in [2.24, 2.45) is 0 Å². The normalized spacial score (nSPS) is 15.3. The van der Waals surface area contributed by atoms with Crippen LogP contribution in [0.25, 0.3) is 0 Å². The monoisotopic (exact) mass is 325 g/mol. The minimum absolute atomic E-state index is 0.00574. The van der Waals surface area contributed by atoms with Gasteiger partial charge in [-0.1, -0.05) is 0 Å². The number of aromatic nitrogens is 2. The Morgan fingerprint density at radius 1 is 1.08 bits per heavy atom. The molecule has 0 aliphatic carbocycles. The van der Waals surface area contributed by atoms with Gasteiger partial charge in [-0.2, -0.15) is 0 Å². The van der Waals surface area contributed by atoms with E-state index in [-0.39, 0.29) is 5.91 Å². The smallest absolute Gasteiger partial charge is 0.224 e. The largest absolute Gasteiger partial charge is 0.369 e. The molecule has 1 aromatic heterocycles. The summed E-state index contributed by atoms with van der Waals surface area (Å²) in [5.74, 6) is 0.00574. The van der Waals surface area contributed by atoms with Gasteiger partial charge in [-0.3, -0.25) is 4.79 Å². The molecule has 0 saturated carbocycles. The lowest BCUT2D eigenvalue weighted by atomic mass is 10.2. The highest BCUT2D eigenvalue weighted by molar-refractivity contribution is 5.91. The van der Waals surface area contributed by atoms with Crippen LogP contribution in [-0.4, -0.2) is 54.0 Å². The fourth-order valence-corrected chi connectivity index (χ4v) is 2.76. The standard InChI is InChI=1S/C18H23N5O/c1-22-8-10-23(11-9-22)17-5-3-16(4-6-17)21-18(24)7-2-15-12-19-14-20-13-15/h3-6,12-14H,2,7-11H2,1H3,(H,21,24). The zero-order valence-electron chi connectivity index (χ0n) is 14.0. The predicted octanol–water partition coefficient (Wildman–Crippen LogP) is 1.80. The van der Waals surface area contributed by atoms with Crippen molar-refractivity contribution >= 4 is 17.3 Å². The van der Waals surface area contributed by atoms with Crippen molar-refractivity contribution in [1.82, 2.24) is 14.9 Å². The van der Waals surface area contributed by atoms with Crippen molar-refractivity contribution in [3.63, 3.8) is 0 Å². The number of likely N-dealkylation sites (N-methyl/N-ethyl adjacent to an activating group) is 1. The Morgan fingerprint density at radius 3 is 2.42 bits per heavy atom. The molecule has 1 aromatic carbocycles. The molecular weight excluding hydrogens is 302 g/mol. The molecule has 24 heavy (non-hydrogen) atoms. The molecule has 2 aromatic rings. The van der Waals surface area contributed by atoms with Crippen LogP contribution < -0.4 is 10.2 Å². The Labute approximate surface area is 142 Å². The van der Waals surface area contributed by atoms with Gasteiger partial charge in [0.25, 0.3) is 0 Å². The summed E-state index contributed by atoms with van der Waals surface area (Å²) < 4.78 is 0. The van der Waals surface area contributed by atoms with Crippen LogP contribution in [0.5, 0.6) is 0 Å². The molecule has 1 fully saturated rings. The van der Waals surface area contributed by atoms with Crippen LogP contribution in [0.15, 0.2) is 43.0 Å². The lowest BCUT2D eigenvalue weighted by Gasteiger charge is -2.34. The molecule has 6 nitrogen and oxygen atoms in total. The summed E-state index contributed by atoms with van der Waals surface area (Å²) in [6.45, 7) is 4.26. The number of nitrogens with zero attached hydrogens (tertiary/aromatic N) is 4. The molecule has 0 bridgehead atoms. The van der Waals surface area contributed by atoms with Crippen molar-refractivity contribution in [2.45, 2.75) is 12.8 Å². The molecule has 1 aliphatic heterocycles. The second kappa shape index (κ2) is 7.88. The van der Waals surface area contributed by atoms with Gasteiger partial charge in [0, 0.05) is 56.4 Å². The fourth-order valence-electron chi connectivity index (χ4n) is 2.76. The summed E-state index contributed by atoms with van der Waals surface area (Å²) in [4.78, 5) is 24.7. The number of rotatable bonds is 5. The van der Waals surface area contributed by atoms with E-state index in [4.69, 9.17) is 0 Å². The first kappa shape index (κ1) is 16.4. The Morgan fingerprint density at radius 2 is 1.75 bits per heavy atom. The van der Waals surface area contributed by atoms with E-state index in [1.165, 1.54) is 12.0 Å². The third kappa shape index (κ3) is 4.52. The first-order valence-electron chi connectivity index (χ1n) is 8.28. The van der Waals surface area contributed by atoms with Gasteiger partial charge in [-0.15, -0.1) is 0 Å². The van der Waals surface area contributed by atoms with Crippen molar-refractivity contribution in [1.29, 1.82) is 0 Å². The topological polar surface area (TPSA) is 61.4 Å². The summed E-state index contributed by atoms with van der Waals surface area (Å²) in [5, 5.41) is 2.94. The second-order valence-electron chi connectivity index (χ2n) is 6.13. The molecule has 3 rings (SSSR count). The van der Waals surface area contributed by atoms with E-state index < -0.39 is 0 Å². The number of hydrogen-bond acceptors (Lipinski definition) is 5. The quantitative estimate of drug-likeness (QED) is 0.908. The van der Waals surface area contributed by atoms with Gasteiger partial charge < -0.3 is 15.1 Å². The van der Waals surface area contributed by atoms with Crippen molar-refractivity contribution in [3.05, 3.63) is 48.5 Å². The van der Waals surface area contributed by atoms with Crippen molar-refractivity contribution in [2.75, 3.05) is 43.4 Å². The molecule has 6 heteroatoms. The van der Waals surface area contributed by atoms with Gasteiger partial charge in [-0.25, -0.2) is 9.97 Å². The summed E-state index contributed by atoms with van der Waals surface area (Å²) in [7, 11) is 2.15. The summed E-state index contributed by atoms with van der Waals surface area (Å²) in [6.07, 6.45) is 6.04. The molecular formula is C18H23N5O. The molecule has 0 radical (unpaired) electrons. The molecule has 1 aliphatic rings. The molecule has 0 atom stereocenters. The number of anilines is 2. The third-order valence-corrected chi connectivity index (χ3v) is 4.27. The van der Waals surface area contributed by atoms with E-state index in [1.807, 2.05) is 12.1 Å². The highest BCUT2D eigenvalue weighted by atomic mass is 16.1. The first-order valence-corrected chi connectivity index (χ1v) is 8.28. The summed E-state index contributed by atoms with van der Waals surface area (Å²) in [6, 6.07) is 8.09. The van der Waals surface area contributed by atoms with Crippen LogP contribution in [0.1, 0.15) is 12.0 Å². The highest BCUT2D eigenvalue weighted by Crippen LogP contribution is 2.19. The maximum absolute atomic E-state index is 12.0. The summed E-state index contributed by atoms with van der Waals surface area (Å²) in [5.41, 5.74) is 3.02. The molecule has 0 spiro atoms. The molecule has 126 valence electrons. The Hall–Kier alpha value is -2.47. The van der Waals surface area contributed by atoms with Gasteiger partial charge in [0.15, 0.2) is 0 Å². The molecule has 1 N–H and O–H groups in total. The number of carbonyl (C=O) groups is 1. The van der Waals surface area contributed by atoms with Crippen molar-refractivity contribution in [3.8, 4) is 0 Å². The lowest BCUT2D eigenvalue weighted by molar-refractivity contribution is -0.116. The number of amides is 1. The number of carbonyl (C=O) groups excluding carboxylic acids is 1. The lowest BCUT2D eigenvalue weighted by Crippen LogP contribution is -2.44. The van der Waals surface area contributed by atoms with Crippen LogP contribution in [0.4, 0.5) is 11.4 Å². The average molecular weight is 325 g/mol. The van der Waals surface area contributed by atoms with E-state index in [2.05, 4.69) is 44.3 Å². The van der Waals surface area contributed by atoms with E-state index in [1.54, 1.807) is 12.4 Å². The highest BCUT2D eigenvalue weighted by Gasteiger charge is 2.14. The van der Waals surface area contributed by atoms with Crippen LogP contribution in [0, 0.1) is 0 Å². The molecule has 2 heterocycles. The zero-order valence-corrected chi connectivity index (χ0v) is 14.0. The average Bonchev–Trinajstić information content (AvgIpc) is 2.62. The number of hydrogen-bond donors (Lipinski definition) is 1. The van der Waals surface area contributed by atoms with E-state index in [0.717, 1.165) is 37.4 Å². The number of piperazine rings is 1. The summed E-state index contributed by atoms with van der Waals surface area (Å²) >= 11 is 0. The van der Waals surface area contributed by atoms with Crippen LogP contribution in [0.2, 0.25) is 0 Å². The number of benzene rings is 1. The predicted molar refractivity (Wildman–Crippen MR) is 95.1 cm³/mol. The molecule has 1 amide bonds. The van der Waals surface area contributed by atoms with Crippen molar-refractivity contribution < 1.29 is 4.79 Å². The first-order chi connectivity index (χ1) is 11.7. The van der Waals surface area contributed by atoms with E-state index >= 15 is 0 Å². The fraction of sp³-hybridized carbons (Fsp3) is 0.389. The minimum Gasteiger partial charge on any atom is -0.369 e. The maximum atomic E-state index is 12.0. The number of nitrogens with one attached hydrogen (secondary N) is 1. The Bertz CT molecular complexity index is 651. The van der Waals surface area contributed by atoms with Gasteiger partial charge in [0.05, 0.1) is 0 Å². The Kier molecular flexibility index (Phi) is 5.38. The van der Waals surface area contributed by atoms with E-state index in [9.17, 15) is 4.79 Å². The van der Waals surface area contributed by atoms with Crippen LogP contribution in [0.3, 0.4) is 0 Å². The minimum atomic E-state index is 0.00574.